The molecular weight excluding hydrogens is 282 g/mol. The molecule has 1 fully saturated rings. The summed E-state index contributed by atoms with van der Waals surface area (Å²) in [6.07, 6.45) is 4.96. The molecule has 0 unspecified atom stereocenters. The minimum absolute atomic E-state index is 0.474. The first-order chi connectivity index (χ1) is 10.8. The summed E-state index contributed by atoms with van der Waals surface area (Å²) in [6.45, 7) is 4.84. The largest absolute Gasteiger partial charge is 0.385 e. The highest BCUT2D eigenvalue weighted by molar-refractivity contribution is 5.79. The summed E-state index contributed by atoms with van der Waals surface area (Å²) in [5.74, 6) is 0.820. The second-order valence-corrected chi connectivity index (χ2v) is 5.52. The first-order valence-electron chi connectivity index (χ1n) is 7.89. The maximum atomic E-state index is 5.10. The fourth-order valence-corrected chi connectivity index (χ4v) is 2.62. The second-order valence-electron chi connectivity index (χ2n) is 5.52. The zero-order valence-electron chi connectivity index (χ0n) is 13.5. The Hall–Kier alpha value is -1.60. The number of piperidine rings is 1. The predicted octanol–water partition coefficient (Wildman–Crippen LogP) is 0.841. The molecule has 0 radical (unpaired) electrons. The van der Waals surface area contributed by atoms with Crippen LogP contribution in [0.25, 0.3) is 0 Å². The van der Waals surface area contributed by atoms with E-state index in [9.17, 15) is 0 Å². The number of nitrogens with one attached hydrogen (secondary N) is 2. The number of aromatic nitrogens is 1. The highest BCUT2D eigenvalue weighted by Crippen LogP contribution is 2.10. The third kappa shape index (κ3) is 5.65. The van der Waals surface area contributed by atoms with Gasteiger partial charge in [0.25, 0.3) is 0 Å². The van der Waals surface area contributed by atoms with Gasteiger partial charge in [0.2, 0.25) is 0 Å². The van der Waals surface area contributed by atoms with Gasteiger partial charge in [-0.05, 0) is 19.3 Å². The van der Waals surface area contributed by atoms with E-state index in [1.807, 2.05) is 6.07 Å². The van der Waals surface area contributed by atoms with Gasteiger partial charge in [0.1, 0.15) is 12.0 Å². The van der Waals surface area contributed by atoms with Crippen LogP contribution in [0.2, 0.25) is 0 Å². The predicted molar refractivity (Wildman–Crippen MR) is 85.8 cm³/mol. The van der Waals surface area contributed by atoms with Gasteiger partial charge in [-0.15, -0.1) is 0 Å². The molecule has 0 spiro atoms. The maximum absolute atomic E-state index is 5.10. The number of hydrogen-bond acceptors (Lipinski definition) is 5. The zero-order chi connectivity index (χ0) is 15.6. The monoisotopic (exact) mass is 309 g/mol. The number of methoxy groups -OCH3 is 1. The molecule has 7 nitrogen and oxygen atoms in total. The highest BCUT2D eigenvalue weighted by Gasteiger charge is 2.19. The Morgan fingerprint density at radius 2 is 2.32 bits per heavy atom. The average Bonchev–Trinajstić information content (AvgIpc) is 3.06. The van der Waals surface area contributed by atoms with E-state index in [1.54, 1.807) is 20.4 Å². The number of guanidine groups is 1. The summed E-state index contributed by atoms with van der Waals surface area (Å²) < 4.78 is 9.92. The van der Waals surface area contributed by atoms with Crippen molar-refractivity contribution in [2.45, 2.75) is 31.8 Å². The van der Waals surface area contributed by atoms with E-state index in [0.29, 0.717) is 12.6 Å². The van der Waals surface area contributed by atoms with Crippen LogP contribution >= 0.6 is 0 Å². The van der Waals surface area contributed by atoms with Gasteiger partial charge in [0.15, 0.2) is 5.96 Å². The molecule has 22 heavy (non-hydrogen) atoms. The summed E-state index contributed by atoms with van der Waals surface area (Å²) in [5, 5.41) is 10.6. The Morgan fingerprint density at radius 3 is 2.95 bits per heavy atom. The van der Waals surface area contributed by atoms with E-state index in [-0.39, 0.29) is 0 Å². The standard InChI is InChI=1S/C15H27N5O2/c1-16-15(17-12-14-6-11-22-19-14)18-13-4-8-20(9-5-13)7-3-10-21-2/h6,11,13H,3-5,7-10,12H2,1-2H3,(H2,16,17,18). The van der Waals surface area contributed by atoms with Gasteiger partial charge in [-0.3, -0.25) is 4.99 Å². The Morgan fingerprint density at radius 1 is 1.50 bits per heavy atom. The van der Waals surface area contributed by atoms with Crippen molar-refractivity contribution >= 4 is 5.96 Å². The van der Waals surface area contributed by atoms with Gasteiger partial charge in [-0.25, -0.2) is 0 Å². The summed E-state index contributed by atoms with van der Waals surface area (Å²) in [7, 11) is 3.55. The van der Waals surface area contributed by atoms with Crippen LogP contribution in [0.4, 0.5) is 0 Å². The fraction of sp³-hybridized carbons (Fsp3) is 0.733. The molecule has 2 heterocycles. The molecule has 1 aliphatic rings. The Labute approximate surface area is 132 Å². The quantitative estimate of drug-likeness (QED) is 0.442. The summed E-state index contributed by atoms with van der Waals surface area (Å²) in [4.78, 5) is 6.77. The highest BCUT2D eigenvalue weighted by atomic mass is 16.5. The van der Waals surface area contributed by atoms with Crippen molar-refractivity contribution in [3.63, 3.8) is 0 Å². The molecule has 7 heteroatoms. The van der Waals surface area contributed by atoms with E-state index >= 15 is 0 Å². The molecule has 1 saturated heterocycles. The van der Waals surface area contributed by atoms with E-state index in [0.717, 1.165) is 57.2 Å². The number of ether oxygens (including phenoxy) is 1. The minimum atomic E-state index is 0.474. The van der Waals surface area contributed by atoms with E-state index in [2.05, 4.69) is 25.7 Å². The van der Waals surface area contributed by atoms with Crippen molar-refractivity contribution in [1.82, 2.24) is 20.7 Å². The van der Waals surface area contributed by atoms with Crippen LogP contribution in [0.3, 0.4) is 0 Å². The van der Waals surface area contributed by atoms with E-state index in [1.165, 1.54) is 0 Å². The summed E-state index contributed by atoms with van der Waals surface area (Å²) in [6, 6.07) is 2.32. The third-order valence-corrected chi connectivity index (χ3v) is 3.90. The van der Waals surface area contributed by atoms with Crippen LogP contribution in [0.15, 0.2) is 21.8 Å². The number of likely N-dealkylation sites (tertiary alicyclic amines) is 1. The molecule has 1 aromatic heterocycles. The molecule has 124 valence electrons. The lowest BCUT2D eigenvalue weighted by Crippen LogP contribution is -2.48. The lowest BCUT2D eigenvalue weighted by atomic mass is 10.1. The molecule has 0 aliphatic carbocycles. The first kappa shape index (κ1) is 16.8. The molecule has 2 rings (SSSR count). The lowest BCUT2D eigenvalue weighted by Gasteiger charge is -2.33. The van der Waals surface area contributed by atoms with Crippen molar-refractivity contribution in [3.8, 4) is 0 Å². The molecule has 0 bridgehead atoms. The zero-order valence-corrected chi connectivity index (χ0v) is 13.5. The normalized spacial score (nSPS) is 17.6. The molecule has 0 atom stereocenters. The maximum Gasteiger partial charge on any atom is 0.191 e. The fourth-order valence-electron chi connectivity index (χ4n) is 2.62. The van der Waals surface area contributed by atoms with Crippen LogP contribution in [-0.2, 0) is 11.3 Å². The van der Waals surface area contributed by atoms with Crippen LogP contribution in [0, 0.1) is 0 Å². The second kappa shape index (κ2) is 9.42. The Kier molecular flexibility index (Phi) is 7.18. The lowest BCUT2D eigenvalue weighted by molar-refractivity contribution is 0.155. The number of nitrogens with zero attached hydrogens (tertiary/aromatic N) is 3. The van der Waals surface area contributed by atoms with Crippen molar-refractivity contribution in [3.05, 3.63) is 18.0 Å². The van der Waals surface area contributed by atoms with Gasteiger partial charge in [0, 0.05) is 52.5 Å². The van der Waals surface area contributed by atoms with Crippen LogP contribution in [-0.4, -0.2) is 62.5 Å². The SMILES string of the molecule is CN=C(NCc1ccon1)NC1CCN(CCCOC)CC1. The minimum Gasteiger partial charge on any atom is -0.385 e. The average molecular weight is 309 g/mol. The topological polar surface area (TPSA) is 74.9 Å². The van der Waals surface area contributed by atoms with Crippen LogP contribution in [0.5, 0.6) is 0 Å². The van der Waals surface area contributed by atoms with Crippen LogP contribution in [0.1, 0.15) is 25.0 Å². The van der Waals surface area contributed by atoms with Gasteiger partial charge in [-0.2, -0.15) is 0 Å². The first-order valence-corrected chi connectivity index (χ1v) is 7.89. The Balaban J connectivity index is 1.65. The third-order valence-electron chi connectivity index (χ3n) is 3.90. The number of rotatable bonds is 7. The molecule has 1 aromatic rings. The smallest absolute Gasteiger partial charge is 0.191 e. The van der Waals surface area contributed by atoms with Crippen molar-refractivity contribution in [1.29, 1.82) is 0 Å². The molecule has 0 aromatic carbocycles. The van der Waals surface area contributed by atoms with Gasteiger partial charge in [0.05, 0.1) is 6.54 Å². The van der Waals surface area contributed by atoms with E-state index < -0.39 is 0 Å². The van der Waals surface area contributed by atoms with E-state index in [4.69, 9.17) is 9.26 Å². The van der Waals surface area contributed by atoms with Crippen molar-refractivity contribution in [2.24, 2.45) is 4.99 Å². The van der Waals surface area contributed by atoms with Gasteiger partial charge < -0.3 is 24.8 Å². The van der Waals surface area contributed by atoms with Gasteiger partial charge >= 0.3 is 0 Å². The molecule has 1 aliphatic heterocycles. The number of aliphatic imine (C=N–C) groups is 1. The van der Waals surface area contributed by atoms with Crippen molar-refractivity contribution in [2.75, 3.05) is 40.4 Å². The van der Waals surface area contributed by atoms with Crippen molar-refractivity contribution < 1.29 is 9.26 Å². The molecule has 0 amide bonds. The van der Waals surface area contributed by atoms with Crippen LogP contribution < -0.4 is 10.6 Å². The summed E-state index contributed by atoms with van der Waals surface area (Å²) >= 11 is 0. The molecular formula is C15H27N5O2. The molecule has 0 saturated carbocycles. The van der Waals surface area contributed by atoms with Gasteiger partial charge in [-0.1, -0.05) is 5.16 Å². The molecule has 2 N–H and O–H groups in total. The number of hydrogen-bond donors (Lipinski definition) is 2. The summed E-state index contributed by atoms with van der Waals surface area (Å²) in [5.41, 5.74) is 0.871. The Bertz CT molecular complexity index is 427.